The zero-order valence-electron chi connectivity index (χ0n) is 19.8. The molecule has 2 heterocycles. The Morgan fingerprint density at radius 2 is 2.03 bits per heavy atom. The van der Waals surface area contributed by atoms with Crippen molar-refractivity contribution in [2.75, 3.05) is 18.4 Å². The Labute approximate surface area is 201 Å². The van der Waals surface area contributed by atoms with E-state index in [1.807, 2.05) is 6.92 Å². The third-order valence-corrected chi connectivity index (χ3v) is 6.07. The van der Waals surface area contributed by atoms with E-state index in [0.717, 1.165) is 43.1 Å². The van der Waals surface area contributed by atoms with Crippen LogP contribution in [-0.4, -0.2) is 40.6 Å². The number of guanidine groups is 1. The molecular weight excluding hydrogens is 430 g/mol. The van der Waals surface area contributed by atoms with E-state index in [0.29, 0.717) is 28.6 Å². The summed E-state index contributed by atoms with van der Waals surface area (Å²) in [7, 11) is 0. The molecule has 1 aliphatic rings. The standard InChI is InChI=1S/C25H35N7S/c1-6-26-14-13-25(12-11-20-7-9-21(10-8-20)29-17(2)3)16-28-24(32-25)31-18(4)22-15-27-23(33)19(5)30-22/h6-10,15,17,26,29H,1,4,11-14,16H2,2-3,5H3,(H,27,33)(H2,28,31,32). The molecule has 0 saturated heterocycles. The van der Waals surface area contributed by atoms with Crippen LogP contribution in [0.15, 0.2) is 54.8 Å². The average Bonchev–Trinajstić information content (AvgIpc) is 3.18. The van der Waals surface area contributed by atoms with E-state index < -0.39 is 0 Å². The van der Waals surface area contributed by atoms with Crippen molar-refractivity contribution in [3.8, 4) is 0 Å². The number of aromatic nitrogens is 2. The highest BCUT2D eigenvalue weighted by molar-refractivity contribution is 7.71. The van der Waals surface area contributed by atoms with Gasteiger partial charge < -0.3 is 26.3 Å². The highest BCUT2D eigenvalue weighted by atomic mass is 32.1. The molecule has 0 aliphatic carbocycles. The van der Waals surface area contributed by atoms with Crippen molar-refractivity contribution in [3.63, 3.8) is 0 Å². The van der Waals surface area contributed by atoms with Crippen molar-refractivity contribution in [2.24, 2.45) is 4.99 Å². The minimum absolute atomic E-state index is 0.145. The molecule has 1 aromatic carbocycles. The van der Waals surface area contributed by atoms with Gasteiger partial charge >= 0.3 is 0 Å². The lowest BCUT2D eigenvalue weighted by Gasteiger charge is -2.30. The maximum atomic E-state index is 5.20. The highest BCUT2D eigenvalue weighted by Gasteiger charge is 2.35. The first-order chi connectivity index (χ1) is 15.8. The summed E-state index contributed by atoms with van der Waals surface area (Å²) in [6.07, 6.45) is 6.34. The number of rotatable bonds is 11. The van der Waals surface area contributed by atoms with Crippen LogP contribution in [0.3, 0.4) is 0 Å². The Bertz CT molecular complexity index is 1060. The SMILES string of the molecule is C=CNCCC1(CCc2ccc(NC(C)C)cc2)CN=C(NC(=C)c2c[nH]c(=S)c(C)n2)N1. The van der Waals surface area contributed by atoms with E-state index in [9.17, 15) is 0 Å². The van der Waals surface area contributed by atoms with Crippen molar-refractivity contribution in [1.29, 1.82) is 0 Å². The summed E-state index contributed by atoms with van der Waals surface area (Å²) in [4.78, 5) is 12.3. The molecule has 7 nitrogen and oxygen atoms in total. The maximum absolute atomic E-state index is 5.20. The molecule has 3 rings (SSSR count). The Morgan fingerprint density at radius 1 is 1.27 bits per heavy atom. The third kappa shape index (κ3) is 6.92. The summed E-state index contributed by atoms with van der Waals surface area (Å²) in [6, 6.07) is 9.12. The van der Waals surface area contributed by atoms with Gasteiger partial charge in [-0.2, -0.15) is 0 Å². The summed E-state index contributed by atoms with van der Waals surface area (Å²) < 4.78 is 0.629. The monoisotopic (exact) mass is 465 g/mol. The van der Waals surface area contributed by atoms with Gasteiger partial charge in [0.15, 0.2) is 5.96 Å². The van der Waals surface area contributed by atoms with Gasteiger partial charge in [0.05, 0.1) is 23.5 Å². The fraction of sp³-hybridized carbons (Fsp3) is 0.400. The summed E-state index contributed by atoms with van der Waals surface area (Å²) in [5, 5.41) is 13.6. The molecule has 0 spiro atoms. The van der Waals surface area contributed by atoms with Gasteiger partial charge in [-0.05, 0) is 63.9 Å². The van der Waals surface area contributed by atoms with Crippen LogP contribution in [0.5, 0.6) is 0 Å². The van der Waals surface area contributed by atoms with Gasteiger partial charge in [-0.1, -0.05) is 37.5 Å². The predicted molar refractivity (Wildman–Crippen MR) is 141 cm³/mol. The second-order valence-corrected chi connectivity index (χ2v) is 9.19. The van der Waals surface area contributed by atoms with Crippen LogP contribution in [0.1, 0.15) is 43.6 Å². The number of aromatic amines is 1. The third-order valence-electron chi connectivity index (χ3n) is 5.65. The fourth-order valence-corrected chi connectivity index (χ4v) is 3.91. The molecule has 1 atom stereocenters. The van der Waals surface area contributed by atoms with Gasteiger partial charge in [-0.25, -0.2) is 4.98 Å². The van der Waals surface area contributed by atoms with Crippen LogP contribution in [0, 0.1) is 11.6 Å². The number of hydrogen-bond donors (Lipinski definition) is 5. The van der Waals surface area contributed by atoms with E-state index in [1.54, 1.807) is 12.4 Å². The smallest absolute Gasteiger partial charge is 0.196 e. The summed E-state index contributed by atoms with van der Waals surface area (Å²) >= 11 is 5.20. The normalized spacial score (nSPS) is 17.3. The molecule has 0 fully saturated rings. The summed E-state index contributed by atoms with van der Waals surface area (Å²) in [6.45, 7) is 15.6. The molecule has 1 unspecified atom stereocenters. The average molecular weight is 466 g/mol. The minimum atomic E-state index is -0.145. The van der Waals surface area contributed by atoms with E-state index in [4.69, 9.17) is 17.2 Å². The van der Waals surface area contributed by atoms with Crippen molar-refractivity contribution < 1.29 is 0 Å². The van der Waals surface area contributed by atoms with Gasteiger partial charge in [-0.3, -0.25) is 4.99 Å². The van der Waals surface area contributed by atoms with Crippen LogP contribution >= 0.6 is 12.2 Å². The van der Waals surface area contributed by atoms with Gasteiger partial charge in [0, 0.05) is 24.5 Å². The minimum Gasteiger partial charge on any atom is -0.391 e. The molecule has 1 aliphatic heterocycles. The number of nitrogens with one attached hydrogen (secondary N) is 5. The van der Waals surface area contributed by atoms with Crippen LogP contribution in [0.4, 0.5) is 5.69 Å². The van der Waals surface area contributed by atoms with Crippen LogP contribution in [-0.2, 0) is 6.42 Å². The molecule has 0 bridgehead atoms. The van der Waals surface area contributed by atoms with Crippen LogP contribution in [0.25, 0.3) is 5.70 Å². The van der Waals surface area contributed by atoms with E-state index in [1.165, 1.54) is 5.56 Å². The van der Waals surface area contributed by atoms with Gasteiger partial charge in [0.25, 0.3) is 0 Å². The number of anilines is 1. The first-order valence-corrected chi connectivity index (χ1v) is 11.8. The fourth-order valence-electron chi connectivity index (χ4n) is 3.80. The molecule has 0 radical (unpaired) electrons. The molecule has 1 aromatic heterocycles. The summed E-state index contributed by atoms with van der Waals surface area (Å²) in [5.74, 6) is 0.719. The number of aliphatic imine (C=N–C) groups is 1. The molecule has 33 heavy (non-hydrogen) atoms. The Kier molecular flexibility index (Phi) is 8.27. The lowest BCUT2D eigenvalue weighted by molar-refractivity contribution is 0.352. The van der Waals surface area contributed by atoms with Crippen LogP contribution < -0.4 is 21.3 Å². The second kappa shape index (κ2) is 11.1. The van der Waals surface area contributed by atoms with E-state index in [2.05, 4.69) is 82.5 Å². The summed E-state index contributed by atoms with van der Waals surface area (Å²) in [5.41, 5.74) is 4.47. The molecular formula is C25H35N7S. The van der Waals surface area contributed by atoms with Gasteiger partial charge in [0.1, 0.15) is 10.3 Å². The first kappa shape index (κ1) is 24.5. The molecule has 176 valence electrons. The zero-order valence-corrected chi connectivity index (χ0v) is 20.6. The number of H-pyrrole nitrogens is 1. The van der Waals surface area contributed by atoms with E-state index >= 15 is 0 Å². The number of nitrogens with zero attached hydrogens (tertiary/aromatic N) is 2. The lowest BCUT2D eigenvalue weighted by Crippen LogP contribution is -2.50. The van der Waals surface area contributed by atoms with Crippen molar-refractivity contribution in [3.05, 3.63) is 71.4 Å². The zero-order chi connectivity index (χ0) is 23.8. The van der Waals surface area contributed by atoms with Gasteiger partial charge in [-0.15, -0.1) is 0 Å². The predicted octanol–water partition coefficient (Wildman–Crippen LogP) is 4.28. The van der Waals surface area contributed by atoms with Crippen molar-refractivity contribution in [1.82, 2.24) is 25.9 Å². The number of hydrogen-bond acceptors (Lipinski definition) is 7. The van der Waals surface area contributed by atoms with Crippen molar-refractivity contribution >= 4 is 29.6 Å². The Hall–Kier alpha value is -3.13. The van der Waals surface area contributed by atoms with Crippen LogP contribution in [0.2, 0.25) is 0 Å². The van der Waals surface area contributed by atoms with Gasteiger partial charge in [0.2, 0.25) is 0 Å². The van der Waals surface area contributed by atoms with Crippen molar-refractivity contribution in [2.45, 2.75) is 51.6 Å². The Morgan fingerprint density at radius 3 is 2.70 bits per heavy atom. The maximum Gasteiger partial charge on any atom is 0.196 e. The topological polar surface area (TPSA) is 89.2 Å². The molecule has 5 N–H and O–H groups in total. The number of benzene rings is 1. The lowest BCUT2D eigenvalue weighted by atomic mass is 9.88. The largest absolute Gasteiger partial charge is 0.391 e. The molecule has 0 saturated carbocycles. The highest BCUT2D eigenvalue weighted by Crippen LogP contribution is 2.24. The molecule has 8 heteroatoms. The number of aryl methyl sites for hydroxylation is 2. The molecule has 0 amide bonds. The quantitative estimate of drug-likeness (QED) is 0.251. The first-order valence-electron chi connectivity index (χ1n) is 11.4. The Balaban J connectivity index is 1.63. The molecule has 2 aromatic rings. The second-order valence-electron chi connectivity index (χ2n) is 8.78. The van der Waals surface area contributed by atoms with E-state index in [-0.39, 0.29) is 5.54 Å².